The molecule has 2 rings (SSSR count). The number of hydrogen-bond donors (Lipinski definition) is 1. The third-order valence-corrected chi connectivity index (χ3v) is 3.54. The summed E-state index contributed by atoms with van der Waals surface area (Å²) in [4.78, 5) is 11.9. The first-order valence-electron chi connectivity index (χ1n) is 6.51. The number of amides is 1. The van der Waals surface area contributed by atoms with Crippen molar-refractivity contribution in [2.45, 2.75) is 13.8 Å². The molecule has 0 saturated carbocycles. The highest BCUT2D eigenvalue weighted by atomic mass is 35.5. The van der Waals surface area contributed by atoms with Crippen LogP contribution < -0.4 is 10.1 Å². The molecule has 0 aliphatic rings. The topological polar surface area (TPSA) is 38.3 Å². The van der Waals surface area contributed by atoms with Crippen molar-refractivity contribution in [3.8, 4) is 5.75 Å². The first kappa shape index (κ1) is 16.6. The van der Waals surface area contributed by atoms with Crippen molar-refractivity contribution in [1.82, 2.24) is 0 Å². The number of benzene rings is 2. The van der Waals surface area contributed by atoms with Gasteiger partial charge in [-0.3, -0.25) is 4.79 Å². The molecular formula is C16H14Cl2FNO2. The van der Waals surface area contributed by atoms with Crippen LogP contribution in [0.3, 0.4) is 0 Å². The maximum atomic E-state index is 13.0. The molecule has 0 aromatic heterocycles. The minimum Gasteiger partial charge on any atom is -0.484 e. The average Bonchev–Trinajstić information content (AvgIpc) is 2.44. The number of rotatable bonds is 4. The summed E-state index contributed by atoms with van der Waals surface area (Å²) >= 11 is 11.8. The Morgan fingerprint density at radius 3 is 2.55 bits per heavy atom. The third-order valence-electron chi connectivity index (χ3n) is 2.96. The van der Waals surface area contributed by atoms with E-state index in [1.807, 2.05) is 19.9 Å². The highest BCUT2D eigenvalue weighted by Gasteiger charge is 2.10. The number of ether oxygens (including phenoxy) is 1. The van der Waals surface area contributed by atoms with Gasteiger partial charge >= 0.3 is 0 Å². The zero-order valence-corrected chi connectivity index (χ0v) is 13.6. The number of hydrogen-bond acceptors (Lipinski definition) is 2. The fourth-order valence-electron chi connectivity index (χ4n) is 1.97. The summed E-state index contributed by atoms with van der Waals surface area (Å²) in [6.45, 7) is 3.55. The predicted molar refractivity (Wildman–Crippen MR) is 86.5 cm³/mol. The molecule has 0 saturated heterocycles. The first-order valence-corrected chi connectivity index (χ1v) is 7.27. The Labute approximate surface area is 138 Å². The fraction of sp³-hybridized carbons (Fsp3) is 0.188. The van der Waals surface area contributed by atoms with E-state index in [2.05, 4.69) is 5.32 Å². The molecule has 3 nitrogen and oxygen atoms in total. The predicted octanol–water partition coefficient (Wildman–Crippen LogP) is 4.77. The summed E-state index contributed by atoms with van der Waals surface area (Å²) in [7, 11) is 0. The molecule has 0 unspecified atom stereocenters. The fourth-order valence-corrected chi connectivity index (χ4v) is 2.50. The van der Waals surface area contributed by atoms with Gasteiger partial charge in [0, 0.05) is 6.07 Å². The number of carbonyl (C=O) groups excluding carboxylic acids is 1. The molecule has 116 valence electrons. The first-order chi connectivity index (χ1) is 10.4. The van der Waals surface area contributed by atoms with Crippen LogP contribution in [0.4, 0.5) is 10.1 Å². The van der Waals surface area contributed by atoms with Gasteiger partial charge in [-0.2, -0.15) is 0 Å². The summed E-state index contributed by atoms with van der Waals surface area (Å²) in [5.74, 6) is -0.594. The SMILES string of the molecule is Cc1cc(C)c(NC(=O)COc2ccc(F)c(Cl)c2)c(Cl)c1. The van der Waals surface area contributed by atoms with Crippen LogP contribution in [0.25, 0.3) is 0 Å². The van der Waals surface area contributed by atoms with Crippen molar-refractivity contribution >= 4 is 34.8 Å². The van der Waals surface area contributed by atoms with Gasteiger partial charge in [0.05, 0.1) is 15.7 Å². The van der Waals surface area contributed by atoms with Gasteiger partial charge in [-0.25, -0.2) is 4.39 Å². The molecule has 6 heteroatoms. The van der Waals surface area contributed by atoms with E-state index in [9.17, 15) is 9.18 Å². The molecule has 0 heterocycles. The molecule has 0 spiro atoms. The normalized spacial score (nSPS) is 10.4. The van der Waals surface area contributed by atoms with E-state index in [-0.39, 0.29) is 17.5 Å². The average molecular weight is 342 g/mol. The lowest BCUT2D eigenvalue weighted by Crippen LogP contribution is -2.21. The van der Waals surface area contributed by atoms with E-state index in [4.69, 9.17) is 27.9 Å². The molecule has 0 aliphatic heterocycles. The molecule has 0 aliphatic carbocycles. The Hall–Kier alpha value is -1.78. The van der Waals surface area contributed by atoms with Crippen molar-refractivity contribution < 1.29 is 13.9 Å². The van der Waals surface area contributed by atoms with E-state index in [0.29, 0.717) is 16.5 Å². The maximum absolute atomic E-state index is 13.0. The molecule has 22 heavy (non-hydrogen) atoms. The van der Waals surface area contributed by atoms with Gasteiger partial charge in [-0.15, -0.1) is 0 Å². The van der Waals surface area contributed by atoms with Gasteiger partial charge in [-0.1, -0.05) is 29.3 Å². The van der Waals surface area contributed by atoms with Gasteiger partial charge in [0.25, 0.3) is 5.91 Å². The zero-order valence-electron chi connectivity index (χ0n) is 12.0. The Morgan fingerprint density at radius 2 is 1.91 bits per heavy atom. The Bertz CT molecular complexity index is 696. The summed E-state index contributed by atoms with van der Waals surface area (Å²) in [6, 6.07) is 7.58. The molecule has 0 fully saturated rings. The monoisotopic (exact) mass is 341 g/mol. The molecule has 0 atom stereocenters. The highest BCUT2D eigenvalue weighted by molar-refractivity contribution is 6.34. The van der Waals surface area contributed by atoms with E-state index < -0.39 is 5.82 Å². The maximum Gasteiger partial charge on any atom is 0.262 e. The standard InChI is InChI=1S/C16H14Cl2FNO2/c1-9-5-10(2)16(13(18)6-9)20-15(21)8-22-11-3-4-14(19)12(17)7-11/h3-7H,8H2,1-2H3,(H,20,21). The molecular weight excluding hydrogens is 328 g/mol. The van der Waals surface area contributed by atoms with Crippen LogP contribution in [0.15, 0.2) is 30.3 Å². The van der Waals surface area contributed by atoms with E-state index >= 15 is 0 Å². The zero-order chi connectivity index (χ0) is 16.3. The largest absolute Gasteiger partial charge is 0.484 e. The van der Waals surface area contributed by atoms with Crippen molar-refractivity contribution in [3.63, 3.8) is 0 Å². The van der Waals surface area contributed by atoms with Gasteiger partial charge in [-0.05, 0) is 43.2 Å². The molecule has 1 N–H and O–H groups in total. The van der Waals surface area contributed by atoms with Crippen molar-refractivity contribution in [1.29, 1.82) is 0 Å². The molecule has 0 bridgehead atoms. The van der Waals surface area contributed by atoms with Gasteiger partial charge in [0.1, 0.15) is 11.6 Å². The number of carbonyl (C=O) groups is 1. The van der Waals surface area contributed by atoms with Crippen molar-refractivity contribution in [2.75, 3.05) is 11.9 Å². The second-order valence-corrected chi connectivity index (χ2v) is 5.67. The van der Waals surface area contributed by atoms with Crippen LogP contribution in [-0.2, 0) is 4.79 Å². The summed E-state index contributed by atoms with van der Waals surface area (Å²) in [5, 5.41) is 3.11. The van der Waals surface area contributed by atoms with Crippen LogP contribution in [0.2, 0.25) is 10.0 Å². The van der Waals surface area contributed by atoms with Gasteiger partial charge < -0.3 is 10.1 Å². The number of anilines is 1. The van der Waals surface area contributed by atoms with Crippen LogP contribution in [0.5, 0.6) is 5.75 Å². The van der Waals surface area contributed by atoms with Crippen molar-refractivity contribution in [3.05, 3.63) is 57.3 Å². The lowest BCUT2D eigenvalue weighted by atomic mass is 10.1. The quantitative estimate of drug-likeness (QED) is 0.869. The molecule has 0 radical (unpaired) electrons. The van der Waals surface area contributed by atoms with Crippen molar-refractivity contribution in [2.24, 2.45) is 0 Å². The summed E-state index contributed by atoms with van der Waals surface area (Å²) < 4.78 is 18.3. The lowest BCUT2D eigenvalue weighted by Gasteiger charge is -2.12. The van der Waals surface area contributed by atoms with Crippen LogP contribution in [-0.4, -0.2) is 12.5 Å². The smallest absolute Gasteiger partial charge is 0.262 e. The van der Waals surface area contributed by atoms with Gasteiger partial charge in [0.2, 0.25) is 0 Å². The summed E-state index contributed by atoms with van der Waals surface area (Å²) in [6.07, 6.45) is 0. The minimum atomic E-state index is -0.541. The highest BCUT2D eigenvalue weighted by Crippen LogP contribution is 2.27. The second-order valence-electron chi connectivity index (χ2n) is 4.85. The molecule has 1 amide bonds. The van der Waals surface area contributed by atoms with E-state index in [1.54, 1.807) is 6.07 Å². The molecule has 2 aromatic rings. The van der Waals surface area contributed by atoms with Crippen LogP contribution in [0, 0.1) is 19.7 Å². The van der Waals surface area contributed by atoms with Crippen LogP contribution >= 0.6 is 23.2 Å². The number of nitrogens with one attached hydrogen (secondary N) is 1. The molecule has 2 aromatic carbocycles. The Morgan fingerprint density at radius 1 is 1.18 bits per heavy atom. The summed E-state index contributed by atoms with van der Waals surface area (Å²) in [5.41, 5.74) is 2.43. The van der Waals surface area contributed by atoms with E-state index in [1.165, 1.54) is 18.2 Å². The van der Waals surface area contributed by atoms with E-state index in [0.717, 1.165) is 11.1 Å². The minimum absolute atomic E-state index is 0.0599. The van der Waals surface area contributed by atoms with Gasteiger partial charge in [0.15, 0.2) is 6.61 Å². The number of halogens is 3. The third kappa shape index (κ3) is 4.12. The number of aryl methyl sites for hydroxylation is 2. The Kier molecular flexibility index (Phi) is 5.27. The Balaban J connectivity index is 2.00. The second kappa shape index (κ2) is 6.99. The van der Waals surface area contributed by atoms with Crippen LogP contribution in [0.1, 0.15) is 11.1 Å². The lowest BCUT2D eigenvalue weighted by molar-refractivity contribution is -0.118.